The molecule has 1 rings (SSSR count). The second-order valence-electron chi connectivity index (χ2n) is 3.20. The predicted octanol–water partition coefficient (Wildman–Crippen LogP) is 4.21. The van der Waals surface area contributed by atoms with Gasteiger partial charge in [-0.1, -0.05) is 42.4 Å². The lowest BCUT2D eigenvalue weighted by atomic mass is 9.94. The summed E-state index contributed by atoms with van der Waals surface area (Å²) in [7, 11) is 4.07. The van der Waals surface area contributed by atoms with Crippen molar-refractivity contribution in [3.63, 3.8) is 0 Å². The van der Waals surface area contributed by atoms with E-state index in [9.17, 15) is 0 Å². The molecular weight excluding hydrogens is 172 g/mol. The van der Waals surface area contributed by atoms with E-state index in [0.29, 0.717) is 4.75 Å². The molecule has 0 aromatic heterocycles. The van der Waals surface area contributed by atoms with Gasteiger partial charge in [0.05, 0.1) is 0 Å². The summed E-state index contributed by atoms with van der Waals surface area (Å²) in [5.74, 6) is 2.23. The van der Waals surface area contributed by atoms with Crippen LogP contribution in [0.25, 0.3) is 0 Å². The minimum Gasteiger partial charge on any atom is -0.0936 e. The van der Waals surface area contributed by atoms with Crippen molar-refractivity contribution >= 4 is 21.6 Å². The van der Waals surface area contributed by atoms with Crippen molar-refractivity contribution in [1.82, 2.24) is 0 Å². The fourth-order valence-electron chi connectivity index (χ4n) is 0.848. The summed E-state index contributed by atoms with van der Waals surface area (Å²) in [4.78, 5) is 0. The Morgan fingerprint density at radius 1 is 1.27 bits per heavy atom. The van der Waals surface area contributed by atoms with Gasteiger partial charge in [0, 0.05) is 10.5 Å². The average Bonchev–Trinajstić information content (AvgIpc) is 2.00. The molecular formula is C9H20S2. The summed E-state index contributed by atoms with van der Waals surface area (Å²) in [5.41, 5.74) is 0. The molecule has 1 heterocycles. The molecule has 1 fully saturated rings. The van der Waals surface area contributed by atoms with Crippen LogP contribution in [0.4, 0.5) is 0 Å². The lowest BCUT2D eigenvalue weighted by molar-refractivity contribution is 0.450. The highest BCUT2D eigenvalue weighted by Crippen LogP contribution is 2.46. The van der Waals surface area contributed by atoms with Crippen LogP contribution in [0.2, 0.25) is 0 Å². The van der Waals surface area contributed by atoms with Crippen LogP contribution >= 0.6 is 21.6 Å². The van der Waals surface area contributed by atoms with Crippen molar-refractivity contribution in [3.8, 4) is 0 Å². The highest BCUT2D eigenvalue weighted by molar-refractivity contribution is 8.77. The third-order valence-electron chi connectivity index (χ3n) is 2.09. The molecule has 0 nitrogen and oxygen atoms in total. The smallest absolute Gasteiger partial charge is 0.0233 e. The molecule has 11 heavy (non-hydrogen) atoms. The number of rotatable bonds is 0. The molecule has 0 spiro atoms. The van der Waals surface area contributed by atoms with Crippen LogP contribution < -0.4 is 0 Å². The van der Waals surface area contributed by atoms with E-state index in [1.54, 1.807) is 0 Å². The topological polar surface area (TPSA) is 0 Å². The highest BCUT2D eigenvalue weighted by Gasteiger charge is 2.29. The van der Waals surface area contributed by atoms with Crippen LogP contribution in [-0.4, -0.2) is 10.5 Å². The average molecular weight is 192 g/mol. The molecule has 1 aliphatic heterocycles. The summed E-state index contributed by atoms with van der Waals surface area (Å²) < 4.78 is 0.517. The monoisotopic (exact) mass is 192 g/mol. The largest absolute Gasteiger partial charge is 0.0936 e. The first-order valence-electron chi connectivity index (χ1n) is 4.43. The van der Waals surface area contributed by atoms with Crippen LogP contribution in [0.3, 0.4) is 0 Å². The third-order valence-corrected chi connectivity index (χ3v) is 5.59. The fraction of sp³-hybridized carbons (Fsp3) is 1.00. The van der Waals surface area contributed by atoms with Crippen molar-refractivity contribution in [1.29, 1.82) is 0 Å². The van der Waals surface area contributed by atoms with Gasteiger partial charge < -0.3 is 0 Å². The Morgan fingerprint density at radius 2 is 1.82 bits per heavy atom. The third kappa shape index (κ3) is 3.75. The van der Waals surface area contributed by atoms with E-state index < -0.39 is 0 Å². The van der Waals surface area contributed by atoms with E-state index in [2.05, 4.69) is 20.8 Å². The summed E-state index contributed by atoms with van der Waals surface area (Å²) in [6.45, 7) is 11.0. The molecule has 2 heteroatoms. The van der Waals surface area contributed by atoms with Gasteiger partial charge in [0.15, 0.2) is 0 Å². The Balaban J connectivity index is 0.000000461. The predicted molar refractivity (Wildman–Crippen MR) is 59.3 cm³/mol. The van der Waals surface area contributed by atoms with E-state index in [0.717, 1.165) is 5.92 Å². The Hall–Kier alpha value is 0.700. The van der Waals surface area contributed by atoms with Crippen molar-refractivity contribution in [2.75, 3.05) is 5.75 Å². The van der Waals surface area contributed by atoms with Gasteiger partial charge >= 0.3 is 0 Å². The van der Waals surface area contributed by atoms with Gasteiger partial charge in [-0.25, -0.2) is 0 Å². The molecule has 0 aromatic carbocycles. The maximum Gasteiger partial charge on any atom is 0.0233 e. The lowest BCUT2D eigenvalue weighted by Gasteiger charge is -2.34. The van der Waals surface area contributed by atoms with Gasteiger partial charge in [-0.2, -0.15) is 0 Å². The van der Waals surface area contributed by atoms with Crippen LogP contribution in [0.1, 0.15) is 41.0 Å². The lowest BCUT2D eigenvalue weighted by Crippen LogP contribution is -2.27. The number of hydrogen-bond acceptors (Lipinski definition) is 2. The maximum absolute atomic E-state index is 2.35. The molecule has 1 saturated heterocycles. The zero-order valence-electron chi connectivity index (χ0n) is 8.31. The second kappa shape index (κ2) is 5.36. The minimum absolute atomic E-state index is 0.517. The SMILES string of the molecule is CC.CC1CCSSC1(C)C. The standard InChI is InChI=1S/C7H14S2.C2H6/c1-6-4-5-8-9-7(6,2)3;1-2/h6H,4-5H2,1-3H3;1-2H3. The van der Waals surface area contributed by atoms with Crippen molar-refractivity contribution in [2.45, 2.75) is 45.8 Å². The molecule has 1 atom stereocenters. The maximum atomic E-state index is 2.35. The molecule has 0 aliphatic carbocycles. The van der Waals surface area contributed by atoms with Gasteiger partial charge in [-0.15, -0.1) is 0 Å². The van der Waals surface area contributed by atoms with Crippen molar-refractivity contribution in [3.05, 3.63) is 0 Å². The first-order chi connectivity index (χ1) is 5.13. The first-order valence-corrected chi connectivity index (χ1v) is 6.75. The van der Waals surface area contributed by atoms with Crippen LogP contribution in [0, 0.1) is 5.92 Å². The normalized spacial score (nSPS) is 28.6. The quantitative estimate of drug-likeness (QED) is 0.527. The molecule has 0 aromatic rings. The van der Waals surface area contributed by atoms with E-state index in [1.165, 1.54) is 12.2 Å². The molecule has 0 amide bonds. The van der Waals surface area contributed by atoms with Gasteiger partial charge in [0.25, 0.3) is 0 Å². The van der Waals surface area contributed by atoms with Gasteiger partial charge in [0.1, 0.15) is 0 Å². The van der Waals surface area contributed by atoms with Crippen molar-refractivity contribution in [2.24, 2.45) is 5.92 Å². The molecule has 1 unspecified atom stereocenters. The second-order valence-corrected chi connectivity index (χ2v) is 6.27. The molecule has 0 radical (unpaired) electrons. The number of hydrogen-bond donors (Lipinski definition) is 0. The van der Waals surface area contributed by atoms with Crippen molar-refractivity contribution < 1.29 is 0 Å². The summed E-state index contributed by atoms with van der Waals surface area (Å²) >= 11 is 0. The van der Waals surface area contributed by atoms with Crippen LogP contribution in [-0.2, 0) is 0 Å². The van der Waals surface area contributed by atoms with E-state index in [4.69, 9.17) is 0 Å². The van der Waals surface area contributed by atoms with Crippen LogP contribution in [0.15, 0.2) is 0 Å². The van der Waals surface area contributed by atoms with Gasteiger partial charge in [-0.3, -0.25) is 0 Å². The first kappa shape index (κ1) is 11.7. The van der Waals surface area contributed by atoms with Gasteiger partial charge in [0.2, 0.25) is 0 Å². The van der Waals surface area contributed by atoms with E-state index in [1.807, 2.05) is 35.4 Å². The fourth-order valence-corrected chi connectivity index (χ4v) is 3.91. The summed E-state index contributed by atoms with van der Waals surface area (Å²) in [6.07, 6.45) is 1.39. The Labute approximate surface area is 79.3 Å². The molecule has 0 bridgehead atoms. The molecule has 0 N–H and O–H groups in total. The molecule has 1 aliphatic rings. The zero-order valence-corrected chi connectivity index (χ0v) is 9.94. The molecule has 0 saturated carbocycles. The summed E-state index contributed by atoms with van der Waals surface area (Å²) in [6, 6.07) is 0. The molecule has 68 valence electrons. The Morgan fingerprint density at radius 3 is 2.09 bits per heavy atom. The Kier molecular flexibility index (Phi) is 5.71. The highest BCUT2D eigenvalue weighted by atomic mass is 33.1. The van der Waals surface area contributed by atoms with Gasteiger partial charge in [-0.05, 0) is 26.2 Å². The van der Waals surface area contributed by atoms with Crippen LogP contribution in [0.5, 0.6) is 0 Å². The Bertz CT molecular complexity index is 99.7. The zero-order chi connectivity index (χ0) is 8.91. The van der Waals surface area contributed by atoms with E-state index in [-0.39, 0.29) is 0 Å². The minimum atomic E-state index is 0.517. The van der Waals surface area contributed by atoms with E-state index >= 15 is 0 Å². The summed E-state index contributed by atoms with van der Waals surface area (Å²) in [5, 5.41) is 0.